The van der Waals surface area contributed by atoms with Crippen LogP contribution in [0, 0.1) is 10.1 Å². The lowest BCUT2D eigenvalue weighted by molar-refractivity contribution is -0.384. The number of rotatable bonds is 5. The van der Waals surface area contributed by atoms with Crippen molar-refractivity contribution in [2.45, 2.75) is 38.3 Å². The van der Waals surface area contributed by atoms with E-state index in [0.29, 0.717) is 28.6 Å². The molecule has 0 radical (unpaired) electrons. The summed E-state index contributed by atoms with van der Waals surface area (Å²) in [6.45, 7) is 3.61. The highest BCUT2D eigenvalue weighted by atomic mass is 79.9. The topological polar surface area (TPSA) is 152 Å². The number of hydrogen-bond donors (Lipinski definition) is 3. The molecular weight excluding hydrogens is 512 g/mol. The molecule has 178 valence electrons. The molecule has 0 aliphatic carbocycles. The van der Waals surface area contributed by atoms with E-state index < -0.39 is 34.1 Å². The number of phenolic OH excluding ortho intramolecular Hbond substituents is 2. The van der Waals surface area contributed by atoms with Crippen LogP contribution in [-0.4, -0.2) is 39.8 Å². The van der Waals surface area contributed by atoms with E-state index in [1.165, 1.54) is 31.2 Å². The normalized spacial score (nSPS) is 18.7. The smallest absolute Gasteiger partial charge is 0.302 e. The van der Waals surface area contributed by atoms with Gasteiger partial charge in [-0.2, -0.15) is 0 Å². The number of aromatic hydroxyl groups is 2. The van der Waals surface area contributed by atoms with E-state index in [2.05, 4.69) is 21.2 Å². The minimum Gasteiger partial charge on any atom is -0.507 e. The monoisotopic (exact) mass is 532 g/mol. The Morgan fingerprint density at radius 3 is 2.68 bits per heavy atom. The summed E-state index contributed by atoms with van der Waals surface area (Å²) >= 11 is 3.28. The van der Waals surface area contributed by atoms with Crippen molar-refractivity contribution < 1.29 is 29.1 Å². The summed E-state index contributed by atoms with van der Waals surface area (Å²) in [5, 5.41) is 35.4. The molecule has 10 nitrogen and oxygen atoms in total. The van der Waals surface area contributed by atoms with Crippen molar-refractivity contribution in [2.75, 3.05) is 6.54 Å². The Morgan fingerprint density at radius 2 is 2.03 bits per heavy atom. The summed E-state index contributed by atoms with van der Waals surface area (Å²) in [6.07, 6.45) is 0.0192. The second-order valence-electron chi connectivity index (χ2n) is 8.12. The first-order chi connectivity index (χ1) is 16.1. The standard InChI is InChI=1S/C23H21BrN2O8/c1-10(33-11(2)27)22-14(5-6-25-22)20-16(28)8-17(29)21-18(30)9-19(34-23(20)21)13-4-3-12(26(31)32)7-15(13)24/h3-4,7-10,14,22,25,28-29H,5-6H2,1-2H3. The highest BCUT2D eigenvalue weighted by Gasteiger charge is 2.38. The molecule has 34 heavy (non-hydrogen) atoms. The number of nitrogens with zero attached hydrogens (tertiary/aromatic N) is 1. The van der Waals surface area contributed by atoms with E-state index in [1.54, 1.807) is 6.92 Å². The summed E-state index contributed by atoms with van der Waals surface area (Å²) in [5.74, 6) is -1.44. The van der Waals surface area contributed by atoms with Gasteiger partial charge in [0.25, 0.3) is 5.69 Å². The molecule has 1 saturated heterocycles. The average molecular weight is 533 g/mol. The number of non-ortho nitro benzene ring substituents is 1. The van der Waals surface area contributed by atoms with Crippen LogP contribution in [0.5, 0.6) is 11.5 Å². The second-order valence-corrected chi connectivity index (χ2v) is 8.97. The molecule has 0 amide bonds. The second kappa shape index (κ2) is 9.07. The average Bonchev–Trinajstić information content (AvgIpc) is 3.22. The molecule has 4 rings (SSSR count). The fourth-order valence-electron chi connectivity index (χ4n) is 4.51. The van der Waals surface area contributed by atoms with Crippen LogP contribution in [0.25, 0.3) is 22.3 Å². The van der Waals surface area contributed by atoms with Gasteiger partial charge in [0.05, 0.1) is 11.0 Å². The number of carbonyl (C=O) groups is 1. The number of fused-ring (bicyclic) bond motifs is 1. The lowest BCUT2D eigenvalue weighted by Crippen LogP contribution is -2.39. The van der Waals surface area contributed by atoms with Crippen LogP contribution in [0.4, 0.5) is 5.69 Å². The van der Waals surface area contributed by atoms with Gasteiger partial charge in [0, 0.05) is 52.7 Å². The number of nitrogens with one attached hydrogen (secondary N) is 1. The van der Waals surface area contributed by atoms with Gasteiger partial charge in [0.15, 0.2) is 5.43 Å². The molecule has 1 aliphatic heterocycles. The largest absolute Gasteiger partial charge is 0.507 e. The zero-order valence-electron chi connectivity index (χ0n) is 18.2. The summed E-state index contributed by atoms with van der Waals surface area (Å²) in [4.78, 5) is 35.0. The van der Waals surface area contributed by atoms with Crippen molar-refractivity contribution >= 4 is 38.6 Å². The fourth-order valence-corrected chi connectivity index (χ4v) is 5.07. The number of carbonyl (C=O) groups excluding carboxylic acids is 1. The van der Waals surface area contributed by atoms with Crippen LogP contribution >= 0.6 is 15.9 Å². The molecule has 3 atom stereocenters. The van der Waals surface area contributed by atoms with E-state index in [1.807, 2.05) is 0 Å². The SMILES string of the molecule is CC(=O)OC(C)C1NCCC1c1c(O)cc(O)c2c(=O)cc(-c3ccc([N+](=O)[O-])cc3Br)oc12. The van der Waals surface area contributed by atoms with Crippen LogP contribution < -0.4 is 10.7 Å². The third kappa shape index (κ3) is 4.24. The third-order valence-corrected chi connectivity index (χ3v) is 6.58. The lowest BCUT2D eigenvalue weighted by atomic mass is 9.87. The zero-order valence-corrected chi connectivity index (χ0v) is 19.8. The molecule has 0 bridgehead atoms. The van der Waals surface area contributed by atoms with Gasteiger partial charge in [-0.1, -0.05) is 0 Å². The third-order valence-electron chi connectivity index (χ3n) is 5.92. The van der Waals surface area contributed by atoms with Crippen molar-refractivity contribution in [1.82, 2.24) is 5.32 Å². The van der Waals surface area contributed by atoms with Crippen molar-refractivity contribution in [1.29, 1.82) is 0 Å². The number of ether oxygens (including phenoxy) is 1. The Hall–Kier alpha value is -3.44. The molecule has 1 aliphatic rings. The van der Waals surface area contributed by atoms with Crippen LogP contribution in [0.15, 0.2) is 44.0 Å². The molecule has 3 aromatic rings. The van der Waals surface area contributed by atoms with Crippen LogP contribution in [-0.2, 0) is 9.53 Å². The van der Waals surface area contributed by atoms with Gasteiger partial charge in [-0.3, -0.25) is 19.7 Å². The molecule has 1 fully saturated rings. The first-order valence-corrected chi connectivity index (χ1v) is 11.3. The van der Waals surface area contributed by atoms with Gasteiger partial charge in [-0.05, 0) is 41.9 Å². The first-order valence-electron chi connectivity index (χ1n) is 10.5. The maximum Gasteiger partial charge on any atom is 0.302 e. The molecule has 1 aromatic heterocycles. The van der Waals surface area contributed by atoms with E-state index in [-0.39, 0.29) is 34.2 Å². The van der Waals surface area contributed by atoms with Gasteiger partial charge in [0.2, 0.25) is 0 Å². The molecule has 0 spiro atoms. The molecule has 2 heterocycles. The zero-order chi connectivity index (χ0) is 24.7. The van der Waals surface area contributed by atoms with Gasteiger partial charge in [-0.25, -0.2) is 0 Å². The number of hydrogen-bond acceptors (Lipinski definition) is 9. The molecule has 3 N–H and O–H groups in total. The fraction of sp³-hybridized carbons (Fsp3) is 0.304. The maximum atomic E-state index is 13.0. The predicted molar refractivity (Wildman–Crippen MR) is 126 cm³/mol. The van der Waals surface area contributed by atoms with E-state index in [0.717, 1.165) is 6.07 Å². The number of phenols is 2. The van der Waals surface area contributed by atoms with Crippen molar-refractivity contribution in [3.63, 3.8) is 0 Å². The summed E-state index contributed by atoms with van der Waals surface area (Å²) in [6, 6.07) is 5.92. The van der Waals surface area contributed by atoms with E-state index in [9.17, 15) is 29.9 Å². The highest BCUT2D eigenvalue weighted by molar-refractivity contribution is 9.10. The van der Waals surface area contributed by atoms with Gasteiger partial charge in [0.1, 0.15) is 34.3 Å². The summed E-state index contributed by atoms with van der Waals surface area (Å²) < 4.78 is 11.7. The quantitative estimate of drug-likeness (QED) is 0.252. The van der Waals surface area contributed by atoms with Crippen molar-refractivity contribution in [2.24, 2.45) is 0 Å². The number of halogens is 1. The van der Waals surface area contributed by atoms with Gasteiger partial charge in [-0.15, -0.1) is 0 Å². The van der Waals surface area contributed by atoms with Crippen LogP contribution in [0.2, 0.25) is 0 Å². The number of benzene rings is 2. The molecular formula is C23H21BrN2O8. The maximum absolute atomic E-state index is 13.0. The Balaban J connectivity index is 1.92. The van der Waals surface area contributed by atoms with E-state index >= 15 is 0 Å². The highest BCUT2D eigenvalue weighted by Crippen LogP contribution is 2.44. The number of nitro benzene ring substituents is 1. The molecule has 0 saturated carbocycles. The summed E-state index contributed by atoms with van der Waals surface area (Å²) in [7, 11) is 0. The van der Waals surface area contributed by atoms with E-state index in [4.69, 9.17) is 9.15 Å². The summed E-state index contributed by atoms with van der Waals surface area (Å²) in [5.41, 5.74) is -0.00427. The predicted octanol–water partition coefficient (Wildman–Crippen LogP) is 3.94. The molecule has 2 aromatic carbocycles. The Morgan fingerprint density at radius 1 is 1.29 bits per heavy atom. The lowest BCUT2D eigenvalue weighted by Gasteiger charge is -2.26. The van der Waals surface area contributed by atoms with Crippen molar-refractivity contribution in [3.8, 4) is 22.8 Å². The Kier molecular flexibility index (Phi) is 6.32. The first kappa shape index (κ1) is 23.7. The van der Waals surface area contributed by atoms with Gasteiger partial charge >= 0.3 is 5.97 Å². The van der Waals surface area contributed by atoms with Gasteiger partial charge < -0.3 is 24.7 Å². The minimum absolute atomic E-state index is 0.000947. The Bertz CT molecular complexity index is 1370. The minimum atomic E-state index is -0.546. The number of nitro groups is 1. The van der Waals surface area contributed by atoms with Crippen LogP contribution in [0.1, 0.15) is 31.7 Å². The number of esters is 1. The Labute approximate surface area is 201 Å². The van der Waals surface area contributed by atoms with Crippen LogP contribution in [0.3, 0.4) is 0 Å². The molecule has 3 unspecified atom stereocenters. The molecule has 11 heteroatoms. The van der Waals surface area contributed by atoms with Crippen molar-refractivity contribution in [3.05, 3.63) is 60.7 Å².